The molecule has 1 saturated heterocycles. The van der Waals surface area contributed by atoms with Gasteiger partial charge in [0.1, 0.15) is 0 Å². The molecule has 3 heteroatoms. The summed E-state index contributed by atoms with van der Waals surface area (Å²) in [6, 6.07) is 0. The summed E-state index contributed by atoms with van der Waals surface area (Å²) in [4.78, 5) is 2.51. The maximum absolute atomic E-state index is 5.48. The van der Waals surface area contributed by atoms with E-state index in [1.165, 1.54) is 19.3 Å². The quantitative estimate of drug-likeness (QED) is 0.772. The van der Waals surface area contributed by atoms with Crippen LogP contribution in [-0.4, -0.2) is 50.8 Å². The second-order valence-corrected chi connectivity index (χ2v) is 6.21. The lowest BCUT2D eigenvalue weighted by atomic mass is 9.78. The van der Waals surface area contributed by atoms with E-state index in [4.69, 9.17) is 4.74 Å². The van der Waals surface area contributed by atoms with Crippen LogP contribution in [0.1, 0.15) is 40.0 Å². The zero-order chi connectivity index (χ0) is 12.9. The highest BCUT2D eigenvalue weighted by atomic mass is 16.5. The van der Waals surface area contributed by atoms with Gasteiger partial charge in [-0.25, -0.2) is 0 Å². The summed E-state index contributed by atoms with van der Waals surface area (Å²) in [6.07, 6.45) is 3.64. The maximum atomic E-state index is 5.48. The van der Waals surface area contributed by atoms with E-state index in [0.717, 1.165) is 26.2 Å². The van der Waals surface area contributed by atoms with Gasteiger partial charge >= 0.3 is 0 Å². The molecule has 1 aliphatic rings. The molecular weight excluding hydrogens is 212 g/mol. The number of hydrogen-bond donors (Lipinski definition) is 1. The Kier molecular flexibility index (Phi) is 5.42. The monoisotopic (exact) mass is 242 g/mol. The van der Waals surface area contributed by atoms with E-state index < -0.39 is 0 Å². The third kappa shape index (κ3) is 3.94. The van der Waals surface area contributed by atoms with Crippen molar-refractivity contribution in [3.8, 4) is 0 Å². The van der Waals surface area contributed by atoms with Crippen molar-refractivity contribution in [2.45, 2.75) is 45.6 Å². The summed E-state index contributed by atoms with van der Waals surface area (Å²) < 4.78 is 5.48. The van der Waals surface area contributed by atoms with Crippen LogP contribution in [-0.2, 0) is 4.74 Å². The lowest BCUT2D eigenvalue weighted by Crippen LogP contribution is -2.51. The standard InChI is InChI=1S/C14H30N2O/c1-6-13(2,3)16(4)11-14(12-17-5)7-9-15-10-8-14/h15H,6-12H2,1-5H3. The van der Waals surface area contributed by atoms with Crippen molar-refractivity contribution in [2.24, 2.45) is 5.41 Å². The Labute approximate surface area is 107 Å². The fourth-order valence-electron chi connectivity index (χ4n) is 2.60. The van der Waals surface area contributed by atoms with Crippen LogP contribution in [0.3, 0.4) is 0 Å². The first kappa shape index (κ1) is 14.9. The molecule has 1 aliphatic heterocycles. The van der Waals surface area contributed by atoms with Gasteiger partial charge < -0.3 is 15.0 Å². The predicted molar refractivity (Wildman–Crippen MR) is 73.4 cm³/mol. The van der Waals surface area contributed by atoms with Crippen LogP contribution in [0, 0.1) is 5.41 Å². The summed E-state index contributed by atoms with van der Waals surface area (Å²) in [5, 5.41) is 3.45. The second kappa shape index (κ2) is 6.17. The van der Waals surface area contributed by atoms with Crippen LogP contribution in [0.2, 0.25) is 0 Å². The fourth-order valence-corrected chi connectivity index (χ4v) is 2.60. The van der Waals surface area contributed by atoms with Gasteiger partial charge in [-0.3, -0.25) is 0 Å². The summed E-state index contributed by atoms with van der Waals surface area (Å²) in [5.74, 6) is 0. The Morgan fingerprint density at radius 1 is 1.29 bits per heavy atom. The lowest BCUT2D eigenvalue weighted by molar-refractivity contribution is 0.00251. The largest absolute Gasteiger partial charge is 0.384 e. The molecule has 1 N–H and O–H groups in total. The molecule has 0 amide bonds. The molecule has 0 bridgehead atoms. The van der Waals surface area contributed by atoms with Crippen molar-refractivity contribution in [3.05, 3.63) is 0 Å². The van der Waals surface area contributed by atoms with Crippen molar-refractivity contribution in [1.82, 2.24) is 10.2 Å². The highest BCUT2D eigenvalue weighted by Gasteiger charge is 2.36. The van der Waals surface area contributed by atoms with Crippen LogP contribution in [0.5, 0.6) is 0 Å². The van der Waals surface area contributed by atoms with Crippen LogP contribution in [0.4, 0.5) is 0 Å². The summed E-state index contributed by atoms with van der Waals surface area (Å²) >= 11 is 0. The molecule has 1 rings (SSSR count). The number of hydrogen-bond acceptors (Lipinski definition) is 3. The van der Waals surface area contributed by atoms with Gasteiger partial charge in [0.2, 0.25) is 0 Å². The van der Waals surface area contributed by atoms with Crippen LogP contribution in [0.25, 0.3) is 0 Å². The van der Waals surface area contributed by atoms with Gasteiger partial charge in [-0.15, -0.1) is 0 Å². The average molecular weight is 242 g/mol. The Hall–Kier alpha value is -0.120. The first-order chi connectivity index (χ1) is 7.96. The van der Waals surface area contributed by atoms with Gasteiger partial charge in [0.25, 0.3) is 0 Å². The number of nitrogens with zero attached hydrogens (tertiary/aromatic N) is 1. The Morgan fingerprint density at radius 3 is 2.35 bits per heavy atom. The van der Waals surface area contributed by atoms with Gasteiger partial charge in [0.05, 0.1) is 6.61 Å². The fraction of sp³-hybridized carbons (Fsp3) is 1.00. The third-order valence-corrected chi connectivity index (χ3v) is 4.59. The maximum Gasteiger partial charge on any atom is 0.0531 e. The first-order valence-electron chi connectivity index (χ1n) is 6.87. The van der Waals surface area contributed by atoms with Crippen LogP contribution in [0.15, 0.2) is 0 Å². The first-order valence-corrected chi connectivity index (χ1v) is 6.87. The molecule has 0 aromatic rings. The normalized spacial score (nSPS) is 20.8. The van der Waals surface area contributed by atoms with Crippen LogP contribution < -0.4 is 5.32 Å². The molecule has 0 aromatic carbocycles. The smallest absolute Gasteiger partial charge is 0.0531 e. The summed E-state index contributed by atoms with van der Waals surface area (Å²) in [6.45, 7) is 11.2. The molecule has 0 spiro atoms. The zero-order valence-electron chi connectivity index (χ0n) is 12.3. The summed E-state index contributed by atoms with van der Waals surface area (Å²) in [7, 11) is 4.08. The van der Waals surface area contributed by atoms with E-state index in [1.54, 1.807) is 0 Å². The van der Waals surface area contributed by atoms with E-state index >= 15 is 0 Å². The van der Waals surface area contributed by atoms with Gasteiger partial charge in [-0.2, -0.15) is 0 Å². The Morgan fingerprint density at radius 2 is 1.88 bits per heavy atom. The number of piperidine rings is 1. The van der Waals surface area contributed by atoms with E-state index in [1.807, 2.05) is 7.11 Å². The molecule has 0 unspecified atom stereocenters. The van der Waals surface area contributed by atoms with Gasteiger partial charge in [-0.1, -0.05) is 6.92 Å². The van der Waals surface area contributed by atoms with Crippen molar-refractivity contribution in [2.75, 3.05) is 40.4 Å². The van der Waals surface area contributed by atoms with Crippen molar-refractivity contribution >= 4 is 0 Å². The van der Waals surface area contributed by atoms with E-state index in [9.17, 15) is 0 Å². The highest BCUT2D eigenvalue weighted by Crippen LogP contribution is 2.32. The molecule has 0 radical (unpaired) electrons. The minimum absolute atomic E-state index is 0.283. The molecule has 17 heavy (non-hydrogen) atoms. The molecule has 0 saturated carbocycles. The second-order valence-electron chi connectivity index (χ2n) is 6.21. The average Bonchev–Trinajstić information content (AvgIpc) is 2.30. The molecule has 0 atom stereocenters. The predicted octanol–water partition coefficient (Wildman–Crippen LogP) is 2.12. The number of methoxy groups -OCH3 is 1. The Balaban J connectivity index is 2.65. The zero-order valence-corrected chi connectivity index (χ0v) is 12.3. The molecule has 0 aliphatic carbocycles. The number of nitrogens with one attached hydrogen (secondary N) is 1. The summed E-state index contributed by atoms with van der Waals surface area (Å²) in [5.41, 5.74) is 0.632. The van der Waals surface area contributed by atoms with E-state index in [2.05, 4.69) is 38.0 Å². The number of ether oxygens (including phenoxy) is 1. The Bertz CT molecular complexity index is 217. The topological polar surface area (TPSA) is 24.5 Å². The number of rotatable bonds is 6. The molecule has 1 fully saturated rings. The van der Waals surface area contributed by atoms with Gasteiger partial charge in [-0.05, 0) is 53.2 Å². The van der Waals surface area contributed by atoms with Crippen LogP contribution >= 0.6 is 0 Å². The van der Waals surface area contributed by atoms with Gasteiger partial charge in [0.15, 0.2) is 0 Å². The van der Waals surface area contributed by atoms with Crippen molar-refractivity contribution in [3.63, 3.8) is 0 Å². The molecule has 102 valence electrons. The minimum atomic E-state index is 0.283. The SMILES string of the molecule is CCC(C)(C)N(C)CC1(COC)CCNCC1. The molecule has 1 heterocycles. The van der Waals surface area contributed by atoms with Gasteiger partial charge in [0, 0.05) is 24.6 Å². The highest BCUT2D eigenvalue weighted by molar-refractivity contribution is 4.90. The third-order valence-electron chi connectivity index (χ3n) is 4.59. The van der Waals surface area contributed by atoms with Crippen molar-refractivity contribution in [1.29, 1.82) is 0 Å². The molecule has 3 nitrogen and oxygen atoms in total. The molecular formula is C14H30N2O. The lowest BCUT2D eigenvalue weighted by Gasteiger charge is -2.45. The minimum Gasteiger partial charge on any atom is -0.384 e. The van der Waals surface area contributed by atoms with E-state index in [-0.39, 0.29) is 5.54 Å². The van der Waals surface area contributed by atoms with Crippen molar-refractivity contribution < 1.29 is 4.74 Å². The molecule has 0 aromatic heterocycles. The van der Waals surface area contributed by atoms with E-state index in [0.29, 0.717) is 5.41 Å².